The van der Waals surface area contributed by atoms with Gasteiger partial charge in [-0.1, -0.05) is 78.1 Å². The molecule has 5 amide bonds. The fourth-order valence-corrected chi connectivity index (χ4v) is 10.4. The fraction of sp³-hybridized carbons (Fsp3) is 0.605. The van der Waals surface area contributed by atoms with Crippen molar-refractivity contribution >= 4 is 97.9 Å². The standard InChI is InChI=1S/C43H62N8O11S3/c1-3-4-6-13-31-42(62)51-34-23-65-64-22-33(36(55)18-28(15-26-10-7-5-8-11-26)40(60)49-32(25(2)52)21-63-24-37(56)48-31)50-41(61)29(19-38(57)58)16-30(53)20-47-39(59)27(17-35(34)54)12-9-14-46-43(44)45/h5,7-8,10-11,27-29,31-34H,3-4,6,9,12-24H2,1-2H3,(H,47,59)(H,48,56)(H,49,60)(H,50,61)(H,51,62)(H,57,58)(H4,44,45,46)/t27-,28-,29+,31+,32+,33+,34+/m1/s1. The summed E-state index contributed by atoms with van der Waals surface area (Å²) in [6.07, 6.45) is 0.619. The van der Waals surface area contributed by atoms with E-state index in [9.17, 15) is 53.1 Å². The number of nitrogens with one attached hydrogen (secondary N) is 5. The number of aliphatic imine (C=N–C) groups is 1. The van der Waals surface area contributed by atoms with Gasteiger partial charge in [0.25, 0.3) is 0 Å². The fourth-order valence-electron chi connectivity index (χ4n) is 7.09. The Morgan fingerprint density at radius 1 is 0.738 bits per heavy atom. The normalized spacial score (nSPS) is 25.4. The third-order valence-corrected chi connectivity index (χ3v) is 14.2. The number of hydrogen-bond donors (Lipinski definition) is 8. The number of carboxylic acid groups (broad SMARTS) is 1. The lowest BCUT2D eigenvalue weighted by atomic mass is 9.90. The van der Waals surface area contributed by atoms with Gasteiger partial charge in [0, 0.05) is 54.9 Å². The summed E-state index contributed by atoms with van der Waals surface area (Å²) < 4.78 is 0. The lowest BCUT2D eigenvalue weighted by Gasteiger charge is -2.26. The summed E-state index contributed by atoms with van der Waals surface area (Å²) in [5, 5.41) is 23.1. The van der Waals surface area contributed by atoms with Crippen molar-refractivity contribution < 1.29 is 53.1 Å². The SMILES string of the molecule is CCCCC[C@@H]1NC(=O)CSC[C@@H](C(C)=O)NC(=O)[C@H](Cc2ccccc2)CC(=O)[C@@H]2CSSC[C@H](NC1=O)C(=O)C[C@@H](CCCN=C(N)N)C(=O)NCC(=O)C[C@@H](CC(=O)O)C(=O)N2. The summed E-state index contributed by atoms with van der Waals surface area (Å²) in [7, 11) is 2.15. The van der Waals surface area contributed by atoms with Crippen molar-refractivity contribution in [1.29, 1.82) is 0 Å². The molecular formula is C43H62N8O11S3. The Morgan fingerprint density at radius 2 is 1.37 bits per heavy atom. The van der Waals surface area contributed by atoms with Gasteiger partial charge in [0.15, 0.2) is 29.1 Å². The Hall–Kier alpha value is -4.96. The molecule has 22 heteroatoms. The highest BCUT2D eigenvalue weighted by Gasteiger charge is 2.35. The van der Waals surface area contributed by atoms with E-state index in [1.54, 1.807) is 30.3 Å². The van der Waals surface area contributed by atoms with Gasteiger partial charge in [0.05, 0.1) is 42.8 Å². The van der Waals surface area contributed by atoms with Crippen molar-refractivity contribution in [2.75, 3.05) is 36.1 Å². The number of ketones is 4. The molecule has 0 unspecified atom stereocenters. The zero-order chi connectivity index (χ0) is 47.9. The number of aliphatic carboxylic acids is 1. The van der Waals surface area contributed by atoms with Crippen LogP contribution in [-0.4, -0.2) is 130 Å². The molecule has 1 aromatic rings. The molecule has 2 aliphatic rings. The van der Waals surface area contributed by atoms with Crippen LogP contribution in [0.1, 0.15) is 83.6 Å². The third kappa shape index (κ3) is 20.4. The van der Waals surface area contributed by atoms with E-state index in [0.29, 0.717) is 12.0 Å². The van der Waals surface area contributed by atoms with Crippen molar-refractivity contribution in [1.82, 2.24) is 26.6 Å². The second kappa shape index (κ2) is 28.8. The van der Waals surface area contributed by atoms with Crippen LogP contribution in [0.2, 0.25) is 0 Å². The number of carboxylic acids is 1. The minimum Gasteiger partial charge on any atom is -0.481 e. The summed E-state index contributed by atoms with van der Waals surface area (Å²) in [4.78, 5) is 139. The van der Waals surface area contributed by atoms with Gasteiger partial charge in [-0.25, -0.2) is 0 Å². The lowest BCUT2D eigenvalue weighted by molar-refractivity contribution is -0.142. The Bertz CT molecular complexity index is 1890. The number of carbonyl (C=O) groups excluding carboxylic acids is 9. The van der Waals surface area contributed by atoms with Crippen molar-refractivity contribution in [2.45, 2.75) is 109 Å². The number of Topliss-reactive ketones (excluding diaryl/α,β-unsaturated/α-hetero) is 4. The van der Waals surface area contributed by atoms with Crippen LogP contribution in [0.3, 0.4) is 0 Å². The summed E-state index contributed by atoms with van der Waals surface area (Å²) in [6.45, 7) is 2.78. The van der Waals surface area contributed by atoms with Crippen LogP contribution < -0.4 is 38.1 Å². The van der Waals surface area contributed by atoms with E-state index >= 15 is 0 Å². The second-order valence-corrected chi connectivity index (χ2v) is 19.7. The van der Waals surface area contributed by atoms with Gasteiger partial charge in [0.2, 0.25) is 29.5 Å². The molecule has 0 aliphatic carbocycles. The number of rotatable bonds is 13. The van der Waals surface area contributed by atoms with E-state index in [1.807, 2.05) is 6.92 Å². The number of thioether (sulfide) groups is 1. The minimum atomic E-state index is -1.45. The van der Waals surface area contributed by atoms with Crippen LogP contribution in [0.25, 0.3) is 0 Å². The highest BCUT2D eigenvalue weighted by Crippen LogP contribution is 2.27. The van der Waals surface area contributed by atoms with E-state index in [-0.39, 0.29) is 67.6 Å². The van der Waals surface area contributed by atoms with Gasteiger partial charge >= 0.3 is 5.97 Å². The van der Waals surface area contributed by atoms with Crippen LogP contribution in [0.4, 0.5) is 0 Å². The van der Waals surface area contributed by atoms with Gasteiger partial charge in [0.1, 0.15) is 6.04 Å². The molecule has 3 rings (SSSR count). The van der Waals surface area contributed by atoms with E-state index < -0.39 is 126 Å². The maximum Gasteiger partial charge on any atom is 0.304 e. The molecule has 2 bridgehead atoms. The summed E-state index contributed by atoms with van der Waals surface area (Å²) >= 11 is 1.06. The zero-order valence-electron chi connectivity index (χ0n) is 36.8. The molecule has 65 heavy (non-hydrogen) atoms. The number of nitrogens with zero attached hydrogens (tertiary/aromatic N) is 1. The van der Waals surface area contributed by atoms with E-state index in [4.69, 9.17) is 11.5 Å². The second-order valence-electron chi connectivity index (χ2n) is 16.1. The maximum absolute atomic E-state index is 14.3. The minimum absolute atomic E-state index is 0.0132. The first kappa shape index (κ1) is 54.4. The molecule has 0 aromatic heterocycles. The number of amides is 5. The quantitative estimate of drug-likeness (QED) is 0.0588. The summed E-state index contributed by atoms with van der Waals surface area (Å²) in [5.41, 5.74) is 11.6. The Balaban J connectivity index is 2.13. The number of guanidine groups is 1. The molecule has 2 saturated heterocycles. The van der Waals surface area contributed by atoms with Gasteiger partial charge < -0.3 is 43.2 Å². The van der Waals surface area contributed by atoms with Gasteiger partial charge in [-0.15, -0.1) is 11.8 Å². The predicted octanol–water partition coefficient (Wildman–Crippen LogP) is 0.850. The number of carbonyl (C=O) groups is 10. The summed E-state index contributed by atoms with van der Waals surface area (Å²) in [6, 6.07) is 4.20. The lowest BCUT2D eigenvalue weighted by Crippen LogP contribution is -2.53. The molecule has 2 aliphatic heterocycles. The first-order chi connectivity index (χ1) is 31.0. The predicted molar refractivity (Wildman–Crippen MR) is 249 cm³/mol. The van der Waals surface area contributed by atoms with Crippen LogP contribution in [-0.2, 0) is 54.4 Å². The average molecular weight is 963 g/mol. The molecule has 19 nitrogen and oxygen atoms in total. The average Bonchev–Trinajstić information content (AvgIpc) is 3.25. The van der Waals surface area contributed by atoms with Crippen molar-refractivity contribution in [2.24, 2.45) is 34.2 Å². The van der Waals surface area contributed by atoms with Crippen LogP contribution in [0, 0.1) is 17.8 Å². The number of nitrogens with two attached hydrogens (primary N) is 2. The summed E-state index contributed by atoms with van der Waals surface area (Å²) in [5.74, 6) is -11.1. The van der Waals surface area contributed by atoms with Gasteiger partial charge in [-0.2, -0.15) is 0 Å². The van der Waals surface area contributed by atoms with E-state index in [1.165, 1.54) is 6.92 Å². The molecule has 0 spiro atoms. The van der Waals surface area contributed by atoms with Gasteiger partial charge in [-0.3, -0.25) is 52.9 Å². The van der Waals surface area contributed by atoms with Crippen LogP contribution in [0.5, 0.6) is 0 Å². The number of hydrogen-bond acceptors (Lipinski definition) is 14. The largest absolute Gasteiger partial charge is 0.481 e. The molecule has 0 saturated carbocycles. The molecule has 358 valence electrons. The smallest absolute Gasteiger partial charge is 0.304 e. The highest BCUT2D eigenvalue weighted by atomic mass is 33.1. The Labute approximate surface area is 390 Å². The molecule has 1 aromatic carbocycles. The number of benzene rings is 1. The third-order valence-electron chi connectivity index (χ3n) is 10.7. The molecule has 10 N–H and O–H groups in total. The van der Waals surface area contributed by atoms with Crippen molar-refractivity contribution in [3.05, 3.63) is 35.9 Å². The monoisotopic (exact) mass is 962 g/mol. The molecule has 7 atom stereocenters. The van der Waals surface area contributed by atoms with Crippen LogP contribution >= 0.6 is 33.3 Å². The van der Waals surface area contributed by atoms with E-state index in [0.717, 1.165) is 46.2 Å². The molecule has 2 fully saturated rings. The molecular weight excluding hydrogens is 901 g/mol. The molecule has 2 heterocycles. The van der Waals surface area contributed by atoms with Crippen molar-refractivity contribution in [3.8, 4) is 0 Å². The Morgan fingerprint density at radius 3 is 1.98 bits per heavy atom. The first-order valence-electron chi connectivity index (χ1n) is 21.7. The van der Waals surface area contributed by atoms with Gasteiger partial charge in [-0.05, 0) is 38.2 Å². The van der Waals surface area contributed by atoms with E-state index in [2.05, 4.69) is 31.6 Å². The van der Waals surface area contributed by atoms with Crippen LogP contribution in [0.15, 0.2) is 35.3 Å². The maximum atomic E-state index is 14.3. The zero-order valence-corrected chi connectivity index (χ0v) is 39.3. The topological polar surface area (TPSA) is 315 Å². The molecule has 0 radical (unpaired) electrons. The van der Waals surface area contributed by atoms with Crippen molar-refractivity contribution in [3.63, 3.8) is 0 Å². The number of unbranched alkanes of at least 4 members (excludes halogenated alkanes) is 2. The number of fused-ring (bicyclic) bond motifs is 5. The first-order valence-corrected chi connectivity index (χ1v) is 25.3. The Kier molecular flexibility index (Phi) is 24.1. The highest BCUT2D eigenvalue weighted by molar-refractivity contribution is 8.76.